The number of fused-ring (bicyclic) bond motifs is 1. The van der Waals surface area contributed by atoms with Crippen LogP contribution in [0.4, 0.5) is 23.1 Å². The number of nitrogens with one attached hydrogen (secondary N) is 1. The zero-order valence-electron chi connectivity index (χ0n) is 17.1. The highest BCUT2D eigenvalue weighted by atomic mass is 35.5. The Hall–Kier alpha value is -3.16. The Morgan fingerprint density at radius 2 is 1.81 bits per heavy atom. The van der Waals surface area contributed by atoms with Gasteiger partial charge in [-0.2, -0.15) is 4.98 Å². The normalized spacial score (nSPS) is 15.9. The first kappa shape index (κ1) is 19.8. The fraction of sp³-hybridized carbons (Fsp3) is 0.261. The van der Waals surface area contributed by atoms with Crippen molar-refractivity contribution in [1.29, 1.82) is 0 Å². The van der Waals surface area contributed by atoms with Crippen molar-refractivity contribution in [1.82, 2.24) is 9.97 Å². The van der Waals surface area contributed by atoms with Crippen LogP contribution in [-0.4, -0.2) is 49.2 Å². The van der Waals surface area contributed by atoms with Gasteiger partial charge in [-0.05, 0) is 35.9 Å². The van der Waals surface area contributed by atoms with Gasteiger partial charge in [-0.15, -0.1) is 0 Å². The third-order valence-corrected chi connectivity index (χ3v) is 5.84. The molecule has 3 aromatic rings. The number of carbonyl (C=O) groups excluding carboxylic acids is 1. The van der Waals surface area contributed by atoms with Crippen molar-refractivity contribution in [3.63, 3.8) is 0 Å². The Morgan fingerprint density at radius 1 is 1.03 bits per heavy atom. The molecule has 0 unspecified atom stereocenters. The van der Waals surface area contributed by atoms with Gasteiger partial charge in [0.05, 0.1) is 25.3 Å². The van der Waals surface area contributed by atoms with Gasteiger partial charge in [0.1, 0.15) is 5.82 Å². The Labute approximate surface area is 185 Å². The third kappa shape index (κ3) is 4.06. The highest BCUT2D eigenvalue weighted by Gasteiger charge is 2.25. The molecule has 0 atom stereocenters. The fourth-order valence-corrected chi connectivity index (χ4v) is 3.96. The maximum Gasteiger partial charge on any atom is 0.231 e. The molecule has 0 spiro atoms. The third-order valence-electron chi connectivity index (χ3n) is 5.58. The molecular weight excluding hydrogens is 414 g/mol. The van der Waals surface area contributed by atoms with Crippen molar-refractivity contribution < 1.29 is 9.53 Å². The maximum absolute atomic E-state index is 12.1. The summed E-state index contributed by atoms with van der Waals surface area (Å²) in [4.78, 5) is 25.5. The SMILES string of the molecule is CN1C(=O)Cc2ccc(-c3cc(Nc4ccc(Cl)cc4)nc(N4CCOCC4)n3)cc21. The van der Waals surface area contributed by atoms with Crippen molar-refractivity contribution in [2.45, 2.75) is 6.42 Å². The summed E-state index contributed by atoms with van der Waals surface area (Å²) in [7, 11) is 1.81. The number of nitrogens with zero attached hydrogens (tertiary/aromatic N) is 4. The lowest BCUT2D eigenvalue weighted by Gasteiger charge is -2.27. The Morgan fingerprint density at radius 3 is 2.58 bits per heavy atom. The molecule has 1 aromatic heterocycles. The van der Waals surface area contributed by atoms with E-state index in [4.69, 9.17) is 26.3 Å². The minimum absolute atomic E-state index is 0.105. The fourth-order valence-electron chi connectivity index (χ4n) is 3.83. The summed E-state index contributed by atoms with van der Waals surface area (Å²) in [6.45, 7) is 2.79. The average molecular weight is 436 g/mol. The molecule has 1 amide bonds. The van der Waals surface area contributed by atoms with E-state index in [2.05, 4.69) is 10.2 Å². The first-order valence-corrected chi connectivity index (χ1v) is 10.6. The van der Waals surface area contributed by atoms with Gasteiger partial charge >= 0.3 is 0 Å². The number of aromatic nitrogens is 2. The number of anilines is 4. The number of amides is 1. The molecule has 0 saturated carbocycles. The summed E-state index contributed by atoms with van der Waals surface area (Å²) >= 11 is 6.02. The van der Waals surface area contributed by atoms with Gasteiger partial charge in [0.2, 0.25) is 11.9 Å². The van der Waals surface area contributed by atoms with E-state index < -0.39 is 0 Å². The summed E-state index contributed by atoms with van der Waals surface area (Å²) < 4.78 is 5.48. The standard InChI is InChI=1S/C23H22ClN5O2/c1-28-20-12-15(2-3-16(20)13-22(28)30)19-14-21(25-18-6-4-17(24)5-7-18)27-23(26-19)29-8-10-31-11-9-29/h2-7,12,14H,8-11,13H2,1H3,(H,25,26,27). The topological polar surface area (TPSA) is 70.6 Å². The minimum Gasteiger partial charge on any atom is -0.378 e. The molecule has 3 heterocycles. The molecule has 1 fully saturated rings. The molecule has 0 radical (unpaired) electrons. The van der Waals surface area contributed by atoms with Crippen LogP contribution in [0.5, 0.6) is 0 Å². The van der Waals surface area contributed by atoms with Crippen molar-refractivity contribution >= 4 is 40.6 Å². The van der Waals surface area contributed by atoms with Crippen LogP contribution in [0, 0.1) is 0 Å². The number of morpholine rings is 1. The molecule has 8 heteroatoms. The molecule has 2 aromatic carbocycles. The van der Waals surface area contributed by atoms with Crippen LogP contribution in [0.3, 0.4) is 0 Å². The van der Waals surface area contributed by atoms with Crippen molar-refractivity contribution in [2.75, 3.05) is 48.5 Å². The highest BCUT2D eigenvalue weighted by Crippen LogP contribution is 2.33. The summed E-state index contributed by atoms with van der Waals surface area (Å²) in [6, 6.07) is 15.5. The monoisotopic (exact) mass is 435 g/mol. The number of halogens is 1. The predicted molar refractivity (Wildman–Crippen MR) is 122 cm³/mol. The average Bonchev–Trinajstić information content (AvgIpc) is 3.09. The first-order valence-electron chi connectivity index (χ1n) is 10.2. The van der Waals surface area contributed by atoms with Crippen molar-refractivity contribution in [3.05, 3.63) is 59.1 Å². The number of ether oxygens (including phenoxy) is 1. The predicted octanol–water partition coefficient (Wildman–Crippen LogP) is 3.90. The highest BCUT2D eigenvalue weighted by molar-refractivity contribution is 6.30. The molecule has 2 aliphatic rings. The van der Waals surface area contributed by atoms with Crippen LogP contribution < -0.4 is 15.1 Å². The van der Waals surface area contributed by atoms with E-state index in [9.17, 15) is 4.79 Å². The molecule has 0 aliphatic carbocycles. The molecule has 5 rings (SSSR count). The van der Waals surface area contributed by atoms with Crippen LogP contribution in [0.2, 0.25) is 5.02 Å². The largest absolute Gasteiger partial charge is 0.378 e. The lowest BCUT2D eigenvalue weighted by atomic mass is 10.1. The molecule has 2 aliphatic heterocycles. The number of carbonyl (C=O) groups is 1. The molecule has 1 saturated heterocycles. The van der Waals surface area contributed by atoms with E-state index in [1.165, 1.54) is 0 Å². The second kappa shape index (κ2) is 8.17. The zero-order valence-corrected chi connectivity index (χ0v) is 17.9. The van der Waals surface area contributed by atoms with E-state index in [1.54, 1.807) is 4.90 Å². The van der Waals surface area contributed by atoms with Crippen LogP contribution in [0.1, 0.15) is 5.56 Å². The number of hydrogen-bond donors (Lipinski definition) is 1. The summed E-state index contributed by atoms with van der Waals surface area (Å²) in [5.74, 6) is 1.45. The van der Waals surface area contributed by atoms with Crippen LogP contribution in [-0.2, 0) is 16.0 Å². The van der Waals surface area contributed by atoms with E-state index in [-0.39, 0.29) is 5.91 Å². The molecule has 31 heavy (non-hydrogen) atoms. The van der Waals surface area contributed by atoms with E-state index >= 15 is 0 Å². The van der Waals surface area contributed by atoms with E-state index in [1.807, 2.05) is 55.6 Å². The van der Waals surface area contributed by atoms with Crippen molar-refractivity contribution in [3.8, 4) is 11.3 Å². The molecule has 1 N–H and O–H groups in total. The van der Waals surface area contributed by atoms with Crippen molar-refractivity contribution in [2.24, 2.45) is 0 Å². The quantitative estimate of drug-likeness (QED) is 0.670. The lowest BCUT2D eigenvalue weighted by Crippen LogP contribution is -2.37. The summed E-state index contributed by atoms with van der Waals surface area (Å²) in [5.41, 5.74) is 4.60. The molecule has 158 valence electrons. The second-order valence-electron chi connectivity index (χ2n) is 7.64. The number of hydrogen-bond acceptors (Lipinski definition) is 6. The summed E-state index contributed by atoms with van der Waals surface area (Å²) in [6.07, 6.45) is 0.443. The van der Waals surface area contributed by atoms with Gasteiger partial charge in [-0.25, -0.2) is 4.98 Å². The number of benzene rings is 2. The van der Waals surface area contributed by atoms with Crippen LogP contribution in [0.25, 0.3) is 11.3 Å². The molecule has 7 nitrogen and oxygen atoms in total. The number of rotatable bonds is 4. The Bertz CT molecular complexity index is 1130. The molecule has 0 bridgehead atoms. The lowest BCUT2D eigenvalue weighted by molar-refractivity contribution is -0.117. The zero-order chi connectivity index (χ0) is 21.4. The summed E-state index contributed by atoms with van der Waals surface area (Å²) in [5, 5.41) is 4.04. The second-order valence-corrected chi connectivity index (χ2v) is 8.08. The van der Waals surface area contributed by atoms with Gasteiger partial charge < -0.3 is 19.9 Å². The minimum atomic E-state index is 0.105. The van der Waals surface area contributed by atoms with E-state index in [0.29, 0.717) is 36.4 Å². The number of likely N-dealkylation sites (N-methyl/N-ethyl adjacent to an activating group) is 1. The van der Waals surface area contributed by atoms with E-state index in [0.717, 1.165) is 41.3 Å². The van der Waals surface area contributed by atoms with Gasteiger partial charge in [-0.3, -0.25) is 4.79 Å². The van der Waals surface area contributed by atoms with Gasteiger partial charge in [-0.1, -0.05) is 23.7 Å². The Kier molecular flexibility index (Phi) is 5.21. The first-order chi connectivity index (χ1) is 15.1. The van der Waals surface area contributed by atoms with Gasteiger partial charge in [0.15, 0.2) is 0 Å². The van der Waals surface area contributed by atoms with Gasteiger partial charge in [0, 0.05) is 48.2 Å². The van der Waals surface area contributed by atoms with Crippen LogP contribution in [0.15, 0.2) is 48.5 Å². The van der Waals surface area contributed by atoms with Gasteiger partial charge in [0.25, 0.3) is 0 Å². The Balaban J connectivity index is 1.54. The molecular formula is C23H22ClN5O2. The van der Waals surface area contributed by atoms with Crippen LogP contribution >= 0.6 is 11.6 Å². The smallest absolute Gasteiger partial charge is 0.231 e. The maximum atomic E-state index is 12.1.